The molecular weight excluding hydrogens is 302 g/mol. The van der Waals surface area contributed by atoms with Gasteiger partial charge in [0.25, 0.3) is 0 Å². The van der Waals surface area contributed by atoms with Crippen LogP contribution in [0.5, 0.6) is 5.75 Å². The van der Waals surface area contributed by atoms with Crippen molar-refractivity contribution in [1.82, 2.24) is 5.32 Å². The third kappa shape index (κ3) is 3.77. The molecule has 24 heavy (non-hydrogen) atoms. The minimum atomic E-state index is -0.564. The smallest absolute Gasteiger partial charge is 0.224 e. The summed E-state index contributed by atoms with van der Waals surface area (Å²) >= 11 is 0. The Kier molecular flexibility index (Phi) is 5.16. The number of ether oxygens (including phenoxy) is 1. The van der Waals surface area contributed by atoms with Gasteiger partial charge in [0.2, 0.25) is 5.91 Å². The van der Waals surface area contributed by atoms with E-state index in [1.54, 1.807) is 0 Å². The van der Waals surface area contributed by atoms with Crippen molar-refractivity contribution < 1.29 is 14.6 Å². The molecule has 1 aliphatic carbocycles. The van der Waals surface area contributed by atoms with Crippen molar-refractivity contribution in [1.29, 1.82) is 0 Å². The number of carbonyl (C=O) groups excluding carboxylic acids is 1. The number of fused-ring (bicyclic) bond motifs is 1. The lowest BCUT2D eigenvalue weighted by Crippen LogP contribution is -2.34. The lowest BCUT2D eigenvalue weighted by Gasteiger charge is -2.18. The standard InChI is InChI=1S/C20H23NO3/c1-2-10-24-16-8-5-6-14(11-16)12-19(23)21-20-17-9-4-3-7-15(17)13-18(20)22/h3-9,11,18,20,22H,2,10,12-13H2,1H3,(H,21,23). The highest BCUT2D eigenvalue weighted by atomic mass is 16.5. The van der Waals surface area contributed by atoms with Gasteiger partial charge in [-0.15, -0.1) is 0 Å². The summed E-state index contributed by atoms with van der Waals surface area (Å²) in [6.07, 6.45) is 1.24. The molecule has 3 rings (SSSR count). The largest absolute Gasteiger partial charge is 0.494 e. The molecule has 0 bridgehead atoms. The molecule has 0 spiro atoms. The molecule has 2 aromatic rings. The van der Waals surface area contributed by atoms with Gasteiger partial charge >= 0.3 is 0 Å². The third-order valence-electron chi connectivity index (χ3n) is 4.26. The first kappa shape index (κ1) is 16.5. The highest BCUT2D eigenvalue weighted by Crippen LogP contribution is 2.31. The predicted molar refractivity (Wildman–Crippen MR) is 93.0 cm³/mol. The van der Waals surface area contributed by atoms with E-state index in [2.05, 4.69) is 12.2 Å². The number of benzene rings is 2. The van der Waals surface area contributed by atoms with Crippen LogP contribution in [0.3, 0.4) is 0 Å². The summed E-state index contributed by atoms with van der Waals surface area (Å²) in [6.45, 7) is 2.72. The molecule has 2 unspecified atom stereocenters. The average Bonchev–Trinajstić information content (AvgIpc) is 2.89. The summed E-state index contributed by atoms with van der Waals surface area (Å²) in [6, 6.07) is 15.1. The van der Waals surface area contributed by atoms with Crippen LogP contribution in [0.15, 0.2) is 48.5 Å². The first-order valence-electron chi connectivity index (χ1n) is 8.44. The molecule has 0 aromatic heterocycles. The lowest BCUT2D eigenvalue weighted by atomic mass is 10.1. The molecular formula is C20H23NO3. The first-order chi connectivity index (χ1) is 11.7. The second-order valence-corrected chi connectivity index (χ2v) is 6.19. The molecule has 1 aliphatic rings. The Bertz CT molecular complexity index is 714. The van der Waals surface area contributed by atoms with E-state index >= 15 is 0 Å². The quantitative estimate of drug-likeness (QED) is 0.858. The molecule has 0 radical (unpaired) electrons. The molecule has 4 heteroatoms. The van der Waals surface area contributed by atoms with Crippen LogP contribution in [0.25, 0.3) is 0 Å². The second-order valence-electron chi connectivity index (χ2n) is 6.19. The molecule has 0 saturated carbocycles. The summed E-state index contributed by atoms with van der Waals surface area (Å²) in [4.78, 5) is 12.4. The van der Waals surface area contributed by atoms with Crippen molar-refractivity contribution in [3.63, 3.8) is 0 Å². The van der Waals surface area contributed by atoms with Gasteiger partial charge < -0.3 is 15.2 Å². The molecule has 0 aliphatic heterocycles. The zero-order valence-electron chi connectivity index (χ0n) is 13.9. The van der Waals surface area contributed by atoms with Crippen LogP contribution in [0.1, 0.15) is 36.1 Å². The van der Waals surface area contributed by atoms with Gasteiger partial charge in [-0.2, -0.15) is 0 Å². The van der Waals surface area contributed by atoms with Gasteiger partial charge in [-0.1, -0.05) is 43.3 Å². The molecule has 2 aromatic carbocycles. The highest BCUT2D eigenvalue weighted by Gasteiger charge is 2.31. The van der Waals surface area contributed by atoms with Crippen LogP contribution in [0, 0.1) is 0 Å². The van der Waals surface area contributed by atoms with Crippen LogP contribution in [-0.4, -0.2) is 23.7 Å². The minimum absolute atomic E-state index is 0.0941. The lowest BCUT2D eigenvalue weighted by molar-refractivity contribution is -0.121. The predicted octanol–water partition coefficient (Wildman–Crippen LogP) is 2.79. The van der Waals surface area contributed by atoms with Crippen LogP contribution >= 0.6 is 0 Å². The number of amides is 1. The van der Waals surface area contributed by atoms with Crippen LogP contribution in [0.2, 0.25) is 0 Å². The molecule has 1 amide bonds. The van der Waals surface area contributed by atoms with E-state index in [4.69, 9.17) is 4.74 Å². The normalized spacial score (nSPS) is 18.9. The number of carbonyl (C=O) groups is 1. The Morgan fingerprint density at radius 1 is 1.25 bits per heavy atom. The summed E-state index contributed by atoms with van der Waals surface area (Å²) in [7, 11) is 0. The fraction of sp³-hybridized carbons (Fsp3) is 0.350. The van der Waals surface area contributed by atoms with Gasteiger partial charge in [-0.05, 0) is 35.2 Å². The molecule has 4 nitrogen and oxygen atoms in total. The first-order valence-corrected chi connectivity index (χ1v) is 8.44. The maximum absolute atomic E-state index is 12.4. The van der Waals surface area contributed by atoms with Gasteiger partial charge in [0.15, 0.2) is 0 Å². The van der Waals surface area contributed by atoms with Gasteiger partial charge in [0.05, 0.1) is 25.2 Å². The van der Waals surface area contributed by atoms with E-state index in [0.29, 0.717) is 13.0 Å². The Hall–Kier alpha value is -2.33. The number of hydrogen-bond donors (Lipinski definition) is 2. The van der Waals surface area contributed by atoms with Gasteiger partial charge in [0.1, 0.15) is 5.75 Å². The fourth-order valence-corrected chi connectivity index (χ4v) is 3.12. The van der Waals surface area contributed by atoms with Crippen molar-refractivity contribution in [2.24, 2.45) is 0 Å². The van der Waals surface area contributed by atoms with Gasteiger partial charge in [-0.25, -0.2) is 0 Å². The summed E-state index contributed by atoms with van der Waals surface area (Å²) in [5.74, 6) is 0.691. The monoisotopic (exact) mass is 325 g/mol. The maximum Gasteiger partial charge on any atom is 0.224 e. The van der Waals surface area contributed by atoms with Crippen molar-refractivity contribution in [3.05, 3.63) is 65.2 Å². The summed E-state index contributed by atoms with van der Waals surface area (Å²) in [5.41, 5.74) is 3.02. The third-order valence-corrected chi connectivity index (χ3v) is 4.26. The van der Waals surface area contributed by atoms with E-state index in [0.717, 1.165) is 28.9 Å². The maximum atomic E-state index is 12.4. The molecule has 2 atom stereocenters. The van der Waals surface area contributed by atoms with E-state index in [1.165, 1.54) is 0 Å². The van der Waals surface area contributed by atoms with Crippen molar-refractivity contribution in [2.75, 3.05) is 6.61 Å². The van der Waals surface area contributed by atoms with Crippen molar-refractivity contribution in [3.8, 4) is 5.75 Å². The van der Waals surface area contributed by atoms with Crippen molar-refractivity contribution >= 4 is 5.91 Å². The topological polar surface area (TPSA) is 58.6 Å². The van der Waals surface area contributed by atoms with Crippen LogP contribution in [-0.2, 0) is 17.6 Å². The van der Waals surface area contributed by atoms with E-state index in [9.17, 15) is 9.90 Å². The molecule has 0 fully saturated rings. The minimum Gasteiger partial charge on any atom is -0.494 e. The zero-order chi connectivity index (χ0) is 16.9. The Morgan fingerprint density at radius 2 is 2.08 bits per heavy atom. The SMILES string of the molecule is CCCOc1cccc(CC(=O)NC2c3ccccc3CC2O)c1. The number of aliphatic hydroxyl groups is 1. The molecule has 0 heterocycles. The number of aliphatic hydroxyl groups excluding tert-OH is 1. The molecule has 2 N–H and O–H groups in total. The van der Waals surface area contributed by atoms with Crippen molar-refractivity contribution in [2.45, 2.75) is 38.3 Å². The van der Waals surface area contributed by atoms with Gasteiger partial charge in [0, 0.05) is 6.42 Å². The van der Waals surface area contributed by atoms with Gasteiger partial charge in [-0.3, -0.25) is 4.79 Å². The number of nitrogens with one attached hydrogen (secondary N) is 1. The summed E-state index contributed by atoms with van der Waals surface area (Å²) in [5, 5.41) is 13.2. The number of hydrogen-bond acceptors (Lipinski definition) is 3. The second kappa shape index (κ2) is 7.49. The van der Waals surface area contributed by atoms with Crippen LogP contribution < -0.4 is 10.1 Å². The fourth-order valence-electron chi connectivity index (χ4n) is 3.12. The Labute approximate surface area is 142 Å². The van der Waals surface area contributed by atoms with E-state index < -0.39 is 6.10 Å². The van der Waals surface area contributed by atoms with E-state index in [-0.39, 0.29) is 18.4 Å². The molecule has 0 saturated heterocycles. The Morgan fingerprint density at radius 3 is 2.92 bits per heavy atom. The van der Waals surface area contributed by atoms with Crippen LogP contribution in [0.4, 0.5) is 0 Å². The Balaban J connectivity index is 1.64. The number of rotatable bonds is 6. The van der Waals surface area contributed by atoms with E-state index in [1.807, 2.05) is 48.5 Å². The average molecular weight is 325 g/mol. The summed E-state index contributed by atoms with van der Waals surface area (Å²) < 4.78 is 5.60. The highest BCUT2D eigenvalue weighted by molar-refractivity contribution is 5.79. The molecule has 126 valence electrons. The zero-order valence-corrected chi connectivity index (χ0v) is 13.9.